The molecule has 0 aromatic heterocycles. The van der Waals surface area contributed by atoms with E-state index in [9.17, 15) is 14.0 Å². The first kappa shape index (κ1) is 23.3. The monoisotopic (exact) mass is 442 g/mol. The van der Waals surface area contributed by atoms with Crippen molar-refractivity contribution in [3.05, 3.63) is 69.7 Å². The highest BCUT2D eigenvalue weighted by Gasteiger charge is 2.36. The summed E-state index contributed by atoms with van der Waals surface area (Å²) in [6.45, 7) is 1.80. The lowest BCUT2D eigenvalue weighted by molar-refractivity contribution is -0.118. The fraction of sp³-hybridized carbons (Fsp3) is 0.333. The number of benzene rings is 2. The molecular formula is C21H22Cl2F2N2O2. The lowest BCUT2D eigenvalue weighted by Crippen LogP contribution is -2.35. The highest BCUT2D eigenvalue weighted by atomic mass is 35.5. The van der Waals surface area contributed by atoms with Gasteiger partial charge < -0.3 is 11.1 Å². The Hall–Kier alpha value is -2.02. The number of halogens is 4. The van der Waals surface area contributed by atoms with Crippen LogP contribution in [-0.2, 0) is 4.79 Å². The van der Waals surface area contributed by atoms with Gasteiger partial charge in [0.1, 0.15) is 11.6 Å². The van der Waals surface area contributed by atoms with Crippen LogP contribution in [0.1, 0.15) is 53.7 Å². The topological polar surface area (TPSA) is 72.2 Å². The van der Waals surface area contributed by atoms with Gasteiger partial charge in [0.2, 0.25) is 5.91 Å². The second-order valence-corrected chi connectivity index (χ2v) is 7.62. The smallest absolute Gasteiger partial charge is 0.218 e. The Morgan fingerprint density at radius 1 is 1.17 bits per heavy atom. The standard InChI is InChI=1S/C21H21ClF2N2O2.ClH/c1-11(10-17(25)27)26-20(12-2-3-12)15-8-9-16(22)18(19(15)24)21(28)13-4-6-14(23)7-5-13;/h4-9,11-12,20,26H,2-3,10H2,1H3,(H2,25,27);1H/t11-,20-;/m1./s1. The number of carbonyl (C=O) groups excluding carboxylic acids is 2. The van der Waals surface area contributed by atoms with E-state index in [1.165, 1.54) is 18.2 Å². The largest absolute Gasteiger partial charge is 0.370 e. The van der Waals surface area contributed by atoms with E-state index < -0.39 is 23.3 Å². The summed E-state index contributed by atoms with van der Waals surface area (Å²) in [5.41, 5.74) is 5.49. The summed E-state index contributed by atoms with van der Waals surface area (Å²) in [6, 6.07) is 7.34. The highest BCUT2D eigenvalue weighted by molar-refractivity contribution is 6.35. The van der Waals surface area contributed by atoms with Crippen molar-refractivity contribution in [2.75, 3.05) is 0 Å². The van der Waals surface area contributed by atoms with E-state index >= 15 is 4.39 Å². The van der Waals surface area contributed by atoms with Gasteiger partial charge in [-0.15, -0.1) is 12.4 Å². The Morgan fingerprint density at radius 2 is 1.79 bits per heavy atom. The molecule has 2 aromatic rings. The zero-order valence-corrected chi connectivity index (χ0v) is 17.3. The van der Waals surface area contributed by atoms with E-state index in [4.69, 9.17) is 17.3 Å². The molecule has 2 atom stereocenters. The van der Waals surface area contributed by atoms with Crippen molar-refractivity contribution in [2.45, 2.75) is 38.3 Å². The van der Waals surface area contributed by atoms with Crippen LogP contribution in [0.5, 0.6) is 0 Å². The van der Waals surface area contributed by atoms with Gasteiger partial charge in [-0.2, -0.15) is 0 Å². The Morgan fingerprint density at radius 3 is 2.34 bits per heavy atom. The molecule has 0 spiro atoms. The number of rotatable bonds is 8. The van der Waals surface area contributed by atoms with Crippen molar-refractivity contribution in [3.63, 3.8) is 0 Å². The molecule has 1 amide bonds. The second kappa shape index (κ2) is 9.65. The van der Waals surface area contributed by atoms with Gasteiger partial charge in [-0.3, -0.25) is 9.59 Å². The predicted octanol–water partition coefficient (Wildman–Crippen LogP) is 4.58. The van der Waals surface area contributed by atoms with E-state index in [-0.39, 0.29) is 53.0 Å². The maximum absolute atomic E-state index is 15.4. The molecule has 1 saturated carbocycles. The fourth-order valence-electron chi connectivity index (χ4n) is 3.34. The van der Waals surface area contributed by atoms with Crippen molar-refractivity contribution >= 4 is 35.7 Å². The van der Waals surface area contributed by atoms with Gasteiger partial charge in [-0.1, -0.05) is 17.7 Å². The summed E-state index contributed by atoms with van der Waals surface area (Å²) in [4.78, 5) is 24.0. The van der Waals surface area contributed by atoms with Crippen LogP contribution in [0.25, 0.3) is 0 Å². The van der Waals surface area contributed by atoms with Gasteiger partial charge in [-0.25, -0.2) is 8.78 Å². The van der Waals surface area contributed by atoms with E-state index in [1.54, 1.807) is 13.0 Å². The van der Waals surface area contributed by atoms with E-state index in [1.807, 2.05) is 0 Å². The molecule has 1 fully saturated rings. The SMILES string of the molecule is C[C@H](CC(N)=O)N[C@@H](c1ccc(Cl)c(C(=O)c2ccc(F)cc2)c1F)C1CC1.Cl. The van der Waals surface area contributed by atoms with Crippen LogP contribution in [0.3, 0.4) is 0 Å². The average Bonchev–Trinajstić information content (AvgIpc) is 3.45. The number of hydrogen-bond donors (Lipinski definition) is 2. The van der Waals surface area contributed by atoms with Crippen LogP contribution in [0.4, 0.5) is 8.78 Å². The minimum atomic E-state index is -0.697. The Labute approximate surface area is 179 Å². The van der Waals surface area contributed by atoms with Crippen LogP contribution >= 0.6 is 24.0 Å². The zero-order chi connectivity index (χ0) is 20.4. The normalized spacial score (nSPS) is 15.3. The number of ketones is 1. The molecule has 2 aromatic carbocycles. The molecule has 3 N–H and O–H groups in total. The molecule has 8 heteroatoms. The van der Waals surface area contributed by atoms with E-state index in [2.05, 4.69) is 5.32 Å². The summed E-state index contributed by atoms with van der Waals surface area (Å²) in [5.74, 6) is -2.03. The predicted molar refractivity (Wildman–Crippen MR) is 110 cm³/mol. The lowest BCUT2D eigenvalue weighted by atomic mass is 9.94. The van der Waals surface area contributed by atoms with Gasteiger partial charge in [0.15, 0.2) is 5.78 Å². The van der Waals surface area contributed by atoms with Crippen molar-refractivity contribution in [2.24, 2.45) is 11.7 Å². The number of nitrogens with one attached hydrogen (secondary N) is 1. The van der Waals surface area contributed by atoms with Gasteiger partial charge in [0.05, 0.1) is 10.6 Å². The minimum Gasteiger partial charge on any atom is -0.370 e. The molecule has 29 heavy (non-hydrogen) atoms. The fourth-order valence-corrected chi connectivity index (χ4v) is 3.57. The summed E-state index contributed by atoms with van der Waals surface area (Å²) < 4.78 is 28.5. The second-order valence-electron chi connectivity index (χ2n) is 7.21. The zero-order valence-electron chi connectivity index (χ0n) is 15.8. The summed E-state index contributed by atoms with van der Waals surface area (Å²) in [6.07, 6.45) is 1.97. The maximum atomic E-state index is 15.4. The summed E-state index contributed by atoms with van der Waals surface area (Å²) >= 11 is 6.14. The summed E-state index contributed by atoms with van der Waals surface area (Å²) in [5, 5.41) is 3.25. The molecule has 0 aliphatic heterocycles. The third kappa shape index (κ3) is 5.53. The molecule has 1 aliphatic carbocycles. The Balaban J connectivity index is 0.00000300. The third-order valence-electron chi connectivity index (χ3n) is 4.85. The van der Waals surface area contributed by atoms with Gasteiger partial charge in [-0.05, 0) is 56.0 Å². The molecule has 0 unspecified atom stereocenters. The van der Waals surface area contributed by atoms with Crippen LogP contribution < -0.4 is 11.1 Å². The number of carbonyl (C=O) groups is 2. The Kier molecular flexibility index (Phi) is 7.74. The van der Waals surface area contributed by atoms with Crippen LogP contribution in [0, 0.1) is 17.6 Å². The molecule has 0 bridgehead atoms. The Bertz CT molecular complexity index is 902. The van der Waals surface area contributed by atoms with E-state index in [0.717, 1.165) is 25.0 Å². The third-order valence-corrected chi connectivity index (χ3v) is 5.17. The van der Waals surface area contributed by atoms with Crippen LogP contribution in [-0.4, -0.2) is 17.7 Å². The van der Waals surface area contributed by atoms with Crippen molar-refractivity contribution < 1.29 is 18.4 Å². The lowest BCUT2D eigenvalue weighted by Gasteiger charge is -2.24. The van der Waals surface area contributed by atoms with Crippen molar-refractivity contribution in [3.8, 4) is 0 Å². The molecule has 3 rings (SSSR count). The molecule has 156 valence electrons. The first-order valence-corrected chi connectivity index (χ1v) is 9.48. The number of amides is 1. The van der Waals surface area contributed by atoms with Crippen molar-refractivity contribution in [1.82, 2.24) is 5.32 Å². The van der Waals surface area contributed by atoms with Gasteiger partial charge in [0.25, 0.3) is 0 Å². The van der Waals surface area contributed by atoms with Crippen LogP contribution in [0.2, 0.25) is 5.02 Å². The maximum Gasteiger partial charge on any atom is 0.218 e. The minimum absolute atomic E-state index is 0. The van der Waals surface area contributed by atoms with Gasteiger partial charge in [0, 0.05) is 29.6 Å². The van der Waals surface area contributed by atoms with Gasteiger partial charge >= 0.3 is 0 Å². The number of primary amides is 1. The quantitative estimate of drug-likeness (QED) is 0.587. The average molecular weight is 443 g/mol. The number of hydrogen-bond acceptors (Lipinski definition) is 3. The first-order valence-electron chi connectivity index (χ1n) is 9.10. The molecule has 0 heterocycles. The molecule has 4 nitrogen and oxygen atoms in total. The number of nitrogens with two attached hydrogens (primary N) is 1. The highest BCUT2D eigenvalue weighted by Crippen LogP contribution is 2.43. The summed E-state index contributed by atoms with van der Waals surface area (Å²) in [7, 11) is 0. The molecular weight excluding hydrogens is 421 g/mol. The van der Waals surface area contributed by atoms with Crippen molar-refractivity contribution in [1.29, 1.82) is 0 Å². The first-order chi connectivity index (χ1) is 13.3. The molecule has 0 radical (unpaired) electrons. The van der Waals surface area contributed by atoms with Crippen LogP contribution in [0.15, 0.2) is 36.4 Å². The molecule has 0 saturated heterocycles. The molecule has 1 aliphatic rings. The van der Waals surface area contributed by atoms with E-state index in [0.29, 0.717) is 5.56 Å².